The van der Waals surface area contributed by atoms with Gasteiger partial charge in [0.25, 0.3) is 0 Å². The second-order valence-corrected chi connectivity index (χ2v) is 7.72. The Kier molecular flexibility index (Phi) is 4.57. The van der Waals surface area contributed by atoms with Crippen molar-refractivity contribution in [2.24, 2.45) is 5.92 Å². The van der Waals surface area contributed by atoms with E-state index in [1.54, 1.807) is 0 Å². The van der Waals surface area contributed by atoms with Crippen LogP contribution in [0.2, 0.25) is 0 Å². The van der Waals surface area contributed by atoms with Crippen LogP contribution in [-0.2, 0) is 17.8 Å². The van der Waals surface area contributed by atoms with Gasteiger partial charge in [-0.3, -0.25) is 4.79 Å². The zero-order valence-electron chi connectivity index (χ0n) is 14.7. The summed E-state index contributed by atoms with van der Waals surface area (Å²) in [6.45, 7) is 4.19. The summed E-state index contributed by atoms with van der Waals surface area (Å²) in [5.74, 6) is 2.98. The molecule has 24 heavy (non-hydrogen) atoms. The van der Waals surface area contributed by atoms with Crippen LogP contribution < -0.4 is 5.32 Å². The first-order valence-corrected chi connectivity index (χ1v) is 9.64. The maximum absolute atomic E-state index is 12.8. The number of aromatic nitrogens is 3. The summed E-state index contributed by atoms with van der Waals surface area (Å²) in [6.07, 6.45) is 9.65. The lowest BCUT2D eigenvalue weighted by Crippen LogP contribution is -2.53. The Labute approximate surface area is 144 Å². The van der Waals surface area contributed by atoms with Crippen LogP contribution >= 0.6 is 0 Å². The zero-order valence-corrected chi connectivity index (χ0v) is 14.7. The molecular weight excluding hydrogens is 302 g/mol. The molecule has 1 saturated carbocycles. The van der Waals surface area contributed by atoms with E-state index in [1.807, 2.05) is 11.6 Å². The second-order valence-electron chi connectivity index (χ2n) is 7.72. The number of carbonyl (C=O) groups is 1. The minimum atomic E-state index is 0.298. The molecular formula is C18H29N5O. The van der Waals surface area contributed by atoms with Gasteiger partial charge in [0.1, 0.15) is 11.6 Å². The predicted octanol–water partition coefficient (Wildman–Crippen LogP) is 1.67. The average molecular weight is 331 g/mol. The molecule has 3 heterocycles. The Morgan fingerprint density at radius 2 is 2.04 bits per heavy atom. The minimum Gasteiger partial charge on any atom is -0.338 e. The van der Waals surface area contributed by atoms with Crippen molar-refractivity contribution in [2.75, 3.05) is 13.1 Å². The van der Waals surface area contributed by atoms with Gasteiger partial charge in [-0.15, -0.1) is 0 Å². The van der Waals surface area contributed by atoms with E-state index in [0.29, 0.717) is 24.5 Å². The molecule has 0 spiro atoms. The molecule has 1 N–H and O–H groups in total. The first-order valence-electron chi connectivity index (χ1n) is 9.64. The third kappa shape index (κ3) is 3.21. The van der Waals surface area contributed by atoms with E-state index in [4.69, 9.17) is 0 Å². The Balaban J connectivity index is 1.32. The molecule has 132 valence electrons. The van der Waals surface area contributed by atoms with Gasteiger partial charge in [0, 0.05) is 25.0 Å². The van der Waals surface area contributed by atoms with Gasteiger partial charge < -0.3 is 10.2 Å². The van der Waals surface area contributed by atoms with E-state index in [-0.39, 0.29) is 0 Å². The van der Waals surface area contributed by atoms with Crippen LogP contribution in [0.25, 0.3) is 0 Å². The second kappa shape index (κ2) is 6.82. The Morgan fingerprint density at radius 1 is 1.21 bits per heavy atom. The fourth-order valence-corrected chi connectivity index (χ4v) is 4.87. The summed E-state index contributed by atoms with van der Waals surface area (Å²) in [5.41, 5.74) is 0. The molecule has 2 aliphatic heterocycles. The molecule has 6 heteroatoms. The smallest absolute Gasteiger partial charge is 0.236 e. The van der Waals surface area contributed by atoms with Crippen LogP contribution in [0, 0.1) is 12.8 Å². The van der Waals surface area contributed by atoms with Crippen molar-refractivity contribution >= 4 is 5.91 Å². The lowest BCUT2D eigenvalue weighted by molar-refractivity contribution is -0.136. The monoisotopic (exact) mass is 331 g/mol. The fraction of sp³-hybridized carbons (Fsp3) is 0.833. The van der Waals surface area contributed by atoms with Crippen molar-refractivity contribution < 1.29 is 4.79 Å². The molecule has 0 unspecified atom stereocenters. The highest BCUT2D eigenvalue weighted by molar-refractivity contribution is 5.78. The molecule has 2 fully saturated rings. The lowest BCUT2D eigenvalue weighted by atomic mass is 9.78. The molecule has 4 rings (SSSR count). The van der Waals surface area contributed by atoms with Gasteiger partial charge in [-0.05, 0) is 44.9 Å². The van der Waals surface area contributed by atoms with Crippen molar-refractivity contribution in [3.63, 3.8) is 0 Å². The van der Waals surface area contributed by atoms with Crippen LogP contribution in [0.15, 0.2) is 0 Å². The van der Waals surface area contributed by atoms with Gasteiger partial charge in [-0.1, -0.05) is 12.8 Å². The lowest BCUT2D eigenvalue weighted by Gasteiger charge is -2.44. The number of carbonyl (C=O) groups excluding carboxylic acids is 1. The summed E-state index contributed by atoms with van der Waals surface area (Å²) in [4.78, 5) is 19.4. The van der Waals surface area contributed by atoms with Gasteiger partial charge in [0.2, 0.25) is 5.91 Å². The third-order valence-electron chi connectivity index (χ3n) is 6.07. The first kappa shape index (κ1) is 16.1. The fourth-order valence-electron chi connectivity index (χ4n) is 4.87. The number of fused-ring (bicyclic) bond motifs is 2. The molecule has 1 saturated heterocycles. The van der Waals surface area contributed by atoms with Gasteiger partial charge in [-0.25, -0.2) is 9.67 Å². The molecule has 1 aliphatic carbocycles. The summed E-state index contributed by atoms with van der Waals surface area (Å²) in [7, 11) is 0. The summed E-state index contributed by atoms with van der Waals surface area (Å²) >= 11 is 0. The maximum atomic E-state index is 12.8. The van der Waals surface area contributed by atoms with Crippen LogP contribution in [0.3, 0.4) is 0 Å². The van der Waals surface area contributed by atoms with Gasteiger partial charge in [0.05, 0.1) is 13.1 Å². The Hall–Kier alpha value is -1.43. The van der Waals surface area contributed by atoms with Crippen LogP contribution in [0.4, 0.5) is 0 Å². The third-order valence-corrected chi connectivity index (χ3v) is 6.07. The summed E-state index contributed by atoms with van der Waals surface area (Å²) in [6, 6.07) is 0.840. The Morgan fingerprint density at radius 3 is 2.96 bits per heavy atom. The van der Waals surface area contributed by atoms with Crippen molar-refractivity contribution in [2.45, 2.75) is 76.9 Å². The maximum Gasteiger partial charge on any atom is 0.236 e. The predicted molar refractivity (Wildman–Crippen MR) is 91.6 cm³/mol. The number of amides is 1. The highest BCUT2D eigenvalue weighted by atomic mass is 16.2. The molecule has 1 amide bonds. The zero-order chi connectivity index (χ0) is 16.5. The van der Waals surface area contributed by atoms with E-state index < -0.39 is 0 Å². The topological polar surface area (TPSA) is 63.1 Å². The quantitative estimate of drug-likeness (QED) is 0.915. The minimum absolute atomic E-state index is 0.298. The highest BCUT2D eigenvalue weighted by Crippen LogP contribution is 2.35. The van der Waals surface area contributed by atoms with Crippen molar-refractivity contribution in [3.05, 3.63) is 11.6 Å². The number of nitrogens with zero attached hydrogens (tertiary/aromatic N) is 4. The number of hydrogen-bond acceptors (Lipinski definition) is 4. The van der Waals surface area contributed by atoms with E-state index in [2.05, 4.69) is 20.3 Å². The van der Waals surface area contributed by atoms with Crippen LogP contribution in [-0.4, -0.2) is 50.7 Å². The SMILES string of the molecule is Cc1nc2n(n1)C[C@H](NCC(=O)N1CCC[C@@H]3CCCC[C@@H]31)CC2. The van der Waals surface area contributed by atoms with Crippen molar-refractivity contribution in [1.29, 1.82) is 0 Å². The molecule has 0 bridgehead atoms. The number of hydrogen-bond donors (Lipinski definition) is 1. The molecule has 1 aromatic heterocycles. The molecule has 6 nitrogen and oxygen atoms in total. The van der Waals surface area contributed by atoms with E-state index in [0.717, 1.165) is 43.5 Å². The van der Waals surface area contributed by atoms with E-state index in [1.165, 1.54) is 38.5 Å². The van der Waals surface area contributed by atoms with Gasteiger partial charge >= 0.3 is 0 Å². The number of rotatable bonds is 3. The van der Waals surface area contributed by atoms with Crippen LogP contribution in [0.5, 0.6) is 0 Å². The standard InChI is InChI=1S/C18H29N5O/c1-13-20-17-9-8-15(12-23(17)21-13)19-11-18(24)22-10-4-6-14-5-2-3-7-16(14)22/h14-16,19H,2-12H2,1H3/t14-,15+,16-/m0/s1. The summed E-state index contributed by atoms with van der Waals surface area (Å²) < 4.78 is 2.00. The number of nitrogens with one attached hydrogen (secondary N) is 1. The van der Waals surface area contributed by atoms with E-state index in [9.17, 15) is 4.79 Å². The van der Waals surface area contributed by atoms with Crippen molar-refractivity contribution in [1.82, 2.24) is 25.0 Å². The van der Waals surface area contributed by atoms with Gasteiger partial charge in [-0.2, -0.15) is 5.10 Å². The highest BCUT2D eigenvalue weighted by Gasteiger charge is 2.35. The first-order chi connectivity index (χ1) is 11.7. The number of likely N-dealkylation sites (tertiary alicyclic amines) is 1. The molecule has 0 aromatic carbocycles. The number of piperidine rings is 1. The van der Waals surface area contributed by atoms with E-state index >= 15 is 0 Å². The largest absolute Gasteiger partial charge is 0.338 e. The Bertz CT molecular complexity index is 596. The average Bonchev–Trinajstić information content (AvgIpc) is 2.98. The molecule has 1 aromatic rings. The summed E-state index contributed by atoms with van der Waals surface area (Å²) in [5, 5.41) is 7.93. The van der Waals surface area contributed by atoms with Crippen LogP contribution in [0.1, 0.15) is 56.6 Å². The molecule has 3 aliphatic rings. The van der Waals surface area contributed by atoms with Gasteiger partial charge in [0.15, 0.2) is 0 Å². The molecule has 0 radical (unpaired) electrons. The van der Waals surface area contributed by atoms with Crippen molar-refractivity contribution in [3.8, 4) is 0 Å². The normalized spacial score (nSPS) is 29.9. The molecule has 3 atom stereocenters. The number of aryl methyl sites for hydroxylation is 2.